The molecule has 116 valence electrons. The largest absolute Gasteiger partial charge is 0.0991 e. The summed E-state index contributed by atoms with van der Waals surface area (Å²) < 4.78 is 0. The van der Waals surface area contributed by atoms with Crippen LogP contribution in [0.15, 0.2) is 60.8 Å². The molecule has 0 N–H and O–H groups in total. The molecule has 0 amide bonds. The topological polar surface area (TPSA) is 0 Å². The average molecular weight is 284 g/mol. The van der Waals surface area contributed by atoms with Crippen molar-refractivity contribution < 1.29 is 0 Å². The Balaban J connectivity index is 3.17. The van der Waals surface area contributed by atoms with Gasteiger partial charge in [-0.2, -0.15) is 0 Å². The number of allylic oxidation sites excluding steroid dienone is 8. The van der Waals surface area contributed by atoms with Gasteiger partial charge in [0.05, 0.1) is 0 Å². The first-order chi connectivity index (χ1) is 9.95. The molecule has 1 aliphatic rings. The summed E-state index contributed by atoms with van der Waals surface area (Å²) in [7, 11) is 0. The van der Waals surface area contributed by atoms with E-state index in [-0.39, 0.29) is 10.8 Å². The van der Waals surface area contributed by atoms with Crippen molar-refractivity contribution in [1.29, 1.82) is 0 Å². The van der Waals surface area contributed by atoms with Crippen LogP contribution in [-0.4, -0.2) is 0 Å². The lowest BCUT2D eigenvalue weighted by atomic mass is 9.58. The summed E-state index contributed by atoms with van der Waals surface area (Å²) in [4.78, 5) is 0. The van der Waals surface area contributed by atoms with Crippen molar-refractivity contribution in [3.05, 3.63) is 60.8 Å². The molecule has 0 heteroatoms. The molecule has 2 atom stereocenters. The lowest BCUT2D eigenvalue weighted by molar-refractivity contribution is 0.150. The van der Waals surface area contributed by atoms with Gasteiger partial charge in [0.15, 0.2) is 0 Å². The molecule has 0 heterocycles. The maximum Gasteiger partial charge on any atom is -0.00671 e. The lowest BCUT2D eigenvalue weighted by Gasteiger charge is -2.46. The SMILES string of the molecule is C=C/C=C(\C=C)C1(C)CCCC(C)(C(/C=C\C)=C/CC)C1. The third-order valence-corrected chi connectivity index (χ3v) is 4.92. The highest BCUT2D eigenvalue weighted by molar-refractivity contribution is 5.33. The monoisotopic (exact) mass is 284 g/mol. The number of hydrogen-bond acceptors (Lipinski definition) is 0. The van der Waals surface area contributed by atoms with Crippen LogP contribution in [0.25, 0.3) is 0 Å². The summed E-state index contributed by atoms with van der Waals surface area (Å²) in [5, 5.41) is 0. The molecular formula is C21H32. The van der Waals surface area contributed by atoms with Crippen molar-refractivity contribution in [3.8, 4) is 0 Å². The van der Waals surface area contributed by atoms with Gasteiger partial charge in [-0.25, -0.2) is 0 Å². The maximum absolute atomic E-state index is 4.02. The van der Waals surface area contributed by atoms with Crippen molar-refractivity contribution in [2.75, 3.05) is 0 Å². The van der Waals surface area contributed by atoms with E-state index >= 15 is 0 Å². The van der Waals surface area contributed by atoms with Gasteiger partial charge in [-0.15, -0.1) is 0 Å². The van der Waals surface area contributed by atoms with E-state index in [1.165, 1.54) is 36.8 Å². The van der Waals surface area contributed by atoms with E-state index in [4.69, 9.17) is 0 Å². The minimum absolute atomic E-state index is 0.206. The van der Waals surface area contributed by atoms with Gasteiger partial charge >= 0.3 is 0 Å². The van der Waals surface area contributed by atoms with Gasteiger partial charge in [0.2, 0.25) is 0 Å². The first-order valence-electron chi connectivity index (χ1n) is 8.24. The van der Waals surface area contributed by atoms with Crippen LogP contribution in [0.3, 0.4) is 0 Å². The van der Waals surface area contributed by atoms with Gasteiger partial charge in [-0.1, -0.05) is 76.8 Å². The Bertz CT molecular complexity index is 460. The fraction of sp³-hybridized carbons (Fsp3) is 0.524. The normalized spacial score (nSPS) is 31.4. The fourth-order valence-corrected chi connectivity index (χ4v) is 3.96. The smallest absolute Gasteiger partial charge is 0.00671 e. The lowest BCUT2D eigenvalue weighted by Crippen LogP contribution is -2.35. The molecule has 1 saturated carbocycles. The van der Waals surface area contributed by atoms with Crippen LogP contribution in [0.2, 0.25) is 0 Å². The molecule has 0 aromatic rings. The summed E-state index contributed by atoms with van der Waals surface area (Å²) in [6, 6.07) is 0. The van der Waals surface area contributed by atoms with Crippen molar-refractivity contribution >= 4 is 0 Å². The van der Waals surface area contributed by atoms with Crippen LogP contribution in [0, 0.1) is 10.8 Å². The van der Waals surface area contributed by atoms with Crippen molar-refractivity contribution in [3.63, 3.8) is 0 Å². The predicted molar refractivity (Wildman–Crippen MR) is 96.3 cm³/mol. The highest BCUT2D eigenvalue weighted by Gasteiger charge is 2.41. The Morgan fingerprint density at radius 3 is 2.19 bits per heavy atom. The minimum Gasteiger partial charge on any atom is -0.0991 e. The second-order valence-electron chi connectivity index (χ2n) is 6.78. The zero-order valence-corrected chi connectivity index (χ0v) is 14.4. The maximum atomic E-state index is 4.02. The van der Waals surface area contributed by atoms with E-state index in [2.05, 4.69) is 65.2 Å². The van der Waals surface area contributed by atoms with Crippen LogP contribution in [0.4, 0.5) is 0 Å². The van der Waals surface area contributed by atoms with Crippen LogP contribution < -0.4 is 0 Å². The third kappa shape index (κ3) is 4.09. The van der Waals surface area contributed by atoms with E-state index in [1.807, 2.05) is 12.2 Å². The van der Waals surface area contributed by atoms with Crippen LogP contribution in [0.5, 0.6) is 0 Å². The first kappa shape index (κ1) is 17.8. The summed E-state index contributed by atoms with van der Waals surface area (Å²) in [6.45, 7) is 17.0. The summed E-state index contributed by atoms with van der Waals surface area (Å²) >= 11 is 0. The van der Waals surface area contributed by atoms with Gasteiger partial charge < -0.3 is 0 Å². The molecule has 1 rings (SSSR count). The summed E-state index contributed by atoms with van der Waals surface area (Å²) in [6.07, 6.45) is 19.0. The molecular weight excluding hydrogens is 252 g/mol. The summed E-state index contributed by atoms with van der Waals surface area (Å²) in [5.74, 6) is 0. The standard InChI is InChI=1S/C21H32/c1-7-12-18(10-4)20(5)15-11-16-21(6,17-20)19(13-8-2)14-9-3/h7-8,10,12-14H,1,4,9,11,15-17H2,2-3,5-6H3/b13-8-,18-12+,19-14+. The van der Waals surface area contributed by atoms with Crippen LogP contribution >= 0.6 is 0 Å². The molecule has 21 heavy (non-hydrogen) atoms. The first-order valence-corrected chi connectivity index (χ1v) is 8.24. The predicted octanol–water partition coefficient (Wildman–Crippen LogP) is 6.78. The van der Waals surface area contributed by atoms with E-state index in [0.29, 0.717) is 0 Å². The van der Waals surface area contributed by atoms with Gasteiger partial charge in [0.25, 0.3) is 0 Å². The zero-order valence-electron chi connectivity index (χ0n) is 14.4. The quantitative estimate of drug-likeness (QED) is 0.471. The molecule has 0 spiro atoms. The Morgan fingerprint density at radius 1 is 1.10 bits per heavy atom. The Labute approximate surface area is 132 Å². The fourth-order valence-electron chi connectivity index (χ4n) is 3.96. The summed E-state index contributed by atoms with van der Waals surface area (Å²) in [5.41, 5.74) is 3.30. The third-order valence-electron chi connectivity index (χ3n) is 4.92. The highest BCUT2D eigenvalue weighted by atomic mass is 14.5. The minimum atomic E-state index is 0.206. The number of hydrogen-bond donors (Lipinski definition) is 0. The van der Waals surface area contributed by atoms with Crippen molar-refractivity contribution in [2.45, 2.75) is 59.8 Å². The van der Waals surface area contributed by atoms with E-state index < -0.39 is 0 Å². The Kier molecular flexibility index (Phi) is 6.45. The number of rotatable bonds is 6. The van der Waals surface area contributed by atoms with E-state index in [0.717, 1.165) is 6.42 Å². The highest BCUT2D eigenvalue weighted by Crippen LogP contribution is 2.53. The second kappa shape index (κ2) is 7.64. The molecule has 0 nitrogen and oxygen atoms in total. The average Bonchev–Trinajstić information content (AvgIpc) is 2.44. The van der Waals surface area contributed by atoms with Crippen molar-refractivity contribution in [1.82, 2.24) is 0 Å². The molecule has 2 unspecified atom stereocenters. The molecule has 0 aliphatic heterocycles. The van der Waals surface area contributed by atoms with E-state index in [9.17, 15) is 0 Å². The molecule has 0 saturated heterocycles. The molecule has 0 aromatic heterocycles. The molecule has 0 radical (unpaired) electrons. The van der Waals surface area contributed by atoms with Gasteiger partial charge in [0.1, 0.15) is 0 Å². The van der Waals surface area contributed by atoms with Gasteiger partial charge in [0, 0.05) is 0 Å². The molecule has 0 aromatic carbocycles. The second-order valence-corrected chi connectivity index (χ2v) is 6.78. The van der Waals surface area contributed by atoms with Crippen LogP contribution in [-0.2, 0) is 0 Å². The molecule has 1 fully saturated rings. The van der Waals surface area contributed by atoms with Crippen molar-refractivity contribution in [2.24, 2.45) is 10.8 Å². The molecule has 1 aliphatic carbocycles. The van der Waals surface area contributed by atoms with Gasteiger partial charge in [-0.3, -0.25) is 0 Å². The van der Waals surface area contributed by atoms with E-state index in [1.54, 1.807) is 0 Å². The Hall–Kier alpha value is -1.30. The molecule has 0 bridgehead atoms. The van der Waals surface area contributed by atoms with Crippen LogP contribution in [0.1, 0.15) is 59.8 Å². The zero-order chi connectivity index (χ0) is 15.9. The Morgan fingerprint density at radius 2 is 1.71 bits per heavy atom. The van der Waals surface area contributed by atoms with Gasteiger partial charge in [-0.05, 0) is 54.6 Å².